The summed E-state index contributed by atoms with van der Waals surface area (Å²) in [7, 11) is 0. The molecule has 0 amide bonds. The van der Waals surface area contributed by atoms with E-state index in [1.165, 1.54) is 11.3 Å². The molecule has 0 radical (unpaired) electrons. The van der Waals surface area contributed by atoms with Gasteiger partial charge in [-0.2, -0.15) is 0 Å². The molecule has 2 nitrogen and oxygen atoms in total. The number of anilines is 1. The molecule has 14 heavy (non-hydrogen) atoms. The number of halogens is 2. The Kier molecular flexibility index (Phi) is 3.15. The highest BCUT2D eigenvalue weighted by molar-refractivity contribution is 9.10. The predicted octanol–water partition coefficient (Wildman–Crippen LogP) is 4.37. The zero-order valence-corrected chi connectivity index (χ0v) is 10.2. The first-order chi connectivity index (χ1) is 6.75. The highest BCUT2D eigenvalue weighted by Gasteiger charge is 2.02. The fourth-order valence-corrected chi connectivity index (χ4v) is 2.27. The summed E-state index contributed by atoms with van der Waals surface area (Å²) < 4.78 is 6.98. The summed E-state index contributed by atoms with van der Waals surface area (Å²) in [6.45, 7) is 0.641. The van der Waals surface area contributed by atoms with Crippen LogP contribution in [0.3, 0.4) is 0 Å². The Labute approximate surface area is 99.0 Å². The van der Waals surface area contributed by atoms with Crippen LogP contribution in [0.1, 0.15) is 5.76 Å². The fourth-order valence-electron chi connectivity index (χ4n) is 1.05. The van der Waals surface area contributed by atoms with Gasteiger partial charge in [-0.25, -0.2) is 0 Å². The second-order valence-corrected chi connectivity index (χ2v) is 5.13. The van der Waals surface area contributed by atoms with E-state index in [4.69, 9.17) is 16.0 Å². The molecule has 2 aromatic heterocycles. The SMILES string of the molecule is Clc1sccc1NCc1cc(Br)co1. The highest BCUT2D eigenvalue weighted by Crippen LogP contribution is 2.28. The maximum atomic E-state index is 5.93. The van der Waals surface area contributed by atoms with Crippen LogP contribution in [-0.2, 0) is 6.54 Å². The summed E-state index contributed by atoms with van der Waals surface area (Å²) in [5, 5.41) is 5.13. The first-order valence-corrected chi connectivity index (χ1v) is 6.00. The van der Waals surface area contributed by atoms with Crippen LogP contribution in [0.2, 0.25) is 4.34 Å². The minimum absolute atomic E-state index is 0.641. The Hall–Kier alpha value is -0.450. The van der Waals surface area contributed by atoms with Gasteiger partial charge in [-0.15, -0.1) is 11.3 Å². The molecule has 0 fully saturated rings. The summed E-state index contributed by atoms with van der Waals surface area (Å²) in [4.78, 5) is 0. The Balaban J connectivity index is 1.98. The summed E-state index contributed by atoms with van der Waals surface area (Å²) in [6, 6.07) is 3.87. The molecule has 0 saturated carbocycles. The molecule has 0 unspecified atom stereocenters. The molecule has 2 aromatic rings. The van der Waals surface area contributed by atoms with Crippen LogP contribution in [0.4, 0.5) is 5.69 Å². The van der Waals surface area contributed by atoms with E-state index < -0.39 is 0 Å². The summed E-state index contributed by atoms with van der Waals surface area (Å²) in [5.41, 5.74) is 0.948. The third kappa shape index (κ3) is 2.32. The van der Waals surface area contributed by atoms with Crippen molar-refractivity contribution in [3.05, 3.63) is 38.3 Å². The van der Waals surface area contributed by atoms with Crippen molar-refractivity contribution in [1.82, 2.24) is 0 Å². The number of thiophene rings is 1. The smallest absolute Gasteiger partial charge is 0.123 e. The van der Waals surface area contributed by atoms with E-state index in [2.05, 4.69) is 21.2 Å². The van der Waals surface area contributed by atoms with E-state index in [0.717, 1.165) is 20.3 Å². The van der Waals surface area contributed by atoms with Crippen molar-refractivity contribution in [2.24, 2.45) is 0 Å². The highest BCUT2D eigenvalue weighted by atomic mass is 79.9. The van der Waals surface area contributed by atoms with Crippen molar-refractivity contribution in [3.63, 3.8) is 0 Å². The molecule has 2 heterocycles. The lowest BCUT2D eigenvalue weighted by atomic mass is 10.4. The van der Waals surface area contributed by atoms with Crippen molar-refractivity contribution in [1.29, 1.82) is 0 Å². The molecule has 0 atom stereocenters. The standard InChI is InChI=1S/C9H7BrClNOS/c10-6-3-7(13-5-6)4-12-8-1-2-14-9(8)11/h1-3,5,12H,4H2. The fraction of sp³-hybridized carbons (Fsp3) is 0.111. The Morgan fingerprint density at radius 2 is 2.43 bits per heavy atom. The van der Waals surface area contributed by atoms with Gasteiger partial charge in [0.1, 0.15) is 16.4 Å². The average Bonchev–Trinajstić information content (AvgIpc) is 2.72. The van der Waals surface area contributed by atoms with E-state index in [-0.39, 0.29) is 0 Å². The minimum atomic E-state index is 0.641. The normalized spacial score (nSPS) is 10.4. The van der Waals surface area contributed by atoms with E-state index in [9.17, 15) is 0 Å². The summed E-state index contributed by atoms with van der Waals surface area (Å²) >= 11 is 10.8. The van der Waals surface area contributed by atoms with Crippen LogP contribution in [0.25, 0.3) is 0 Å². The van der Waals surface area contributed by atoms with E-state index in [1.54, 1.807) is 6.26 Å². The number of nitrogens with one attached hydrogen (secondary N) is 1. The predicted molar refractivity (Wildman–Crippen MR) is 63.1 cm³/mol. The molecule has 0 aliphatic carbocycles. The Morgan fingerprint density at radius 3 is 3.00 bits per heavy atom. The second-order valence-electron chi connectivity index (χ2n) is 2.69. The molecule has 2 rings (SSSR count). The van der Waals surface area contributed by atoms with Gasteiger partial charge in [-0.05, 0) is 33.4 Å². The largest absolute Gasteiger partial charge is 0.466 e. The lowest BCUT2D eigenvalue weighted by molar-refractivity contribution is 0.517. The number of rotatable bonds is 3. The van der Waals surface area contributed by atoms with Crippen LogP contribution < -0.4 is 5.32 Å². The number of hydrogen-bond acceptors (Lipinski definition) is 3. The van der Waals surface area contributed by atoms with Crippen LogP contribution in [0, 0.1) is 0 Å². The van der Waals surface area contributed by atoms with Gasteiger partial charge in [-0.3, -0.25) is 0 Å². The van der Waals surface area contributed by atoms with Gasteiger partial charge in [0.25, 0.3) is 0 Å². The topological polar surface area (TPSA) is 25.2 Å². The van der Waals surface area contributed by atoms with Crippen molar-refractivity contribution >= 4 is 44.6 Å². The maximum absolute atomic E-state index is 5.93. The molecular formula is C9H7BrClNOS. The molecule has 0 saturated heterocycles. The van der Waals surface area contributed by atoms with Gasteiger partial charge in [0.2, 0.25) is 0 Å². The van der Waals surface area contributed by atoms with Crippen LogP contribution in [-0.4, -0.2) is 0 Å². The lowest BCUT2D eigenvalue weighted by Gasteiger charge is -2.00. The van der Waals surface area contributed by atoms with Crippen LogP contribution in [0.5, 0.6) is 0 Å². The monoisotopic (exact) mass is 291 g/mol. The number of furan rings is 1. The molecule has 0 bridgehead atoms. The van der Waals surface area contributed by atoms with Gasteiger partial charge < -0.3 is 9.73 Å². The Bertz CT molecular complexity index is 426. The van der Waals surface area contributed by atoms with Crippen molar-refractivity contribution < 1.29 is 4.42 Å². The van der Waals surface area contributed by atoms with Crippen molar-refractivity contribution in [3.8, 4) is 0 Å². The summed E-state index contributed by atoms with van der Waals surface area (Å²) in [6.07, 6.45) is 1.66. The maximum Gasteiger partial charge on any atom is 0.123 e. The molecule has 0 spiro atoms. The first-order valence-electron chi connectivity index (χ1n) is 3.95. The molecule has 0 aliphatic rings. The number of hydrogen-bond donors (Lipinski definition) is 1. The first kappa shape index (κ1) is 10.1. The Morgan fingerprint density at radius 1 is 1.57 bits per heavy atom. The van der Waals surface area contributed by atoms with Crippen molar-refractivity contribution in [2.45, 2.75) is 6.54 Å². The van der Waals surface area contributed by atoms with Gasteiger partial charge in [-0.1, -0.05) is 11.6 Å². The third-order valence-electron chi connectivity index (χ3n) is 1.69. The van der Waals surface area contributed by atoms with Crippen LogP contribution in [0.15, 0.2) is 32.7 Å². The van der Waals surface area contributed by atoms with Gasteiger partial charge in [0.05, 0.1) is 16.7 Å². The zero-order chi connectivity index (χ0) is 9.97. The van der Waals surface area contributed by atoms with E-state index >= 15 is 0 Å². The molecule has 1 N–H and O–H groups in total. The molecule has 0 aromatic carbocycles. The van der Waals surface area contributed by atoms with E-state index in [0.29, 0.717) is 6.54 Å². The zero-order valence-electron chi connectivity index (χ0n) is 7.09. The van der Waals surface area contributed by atoms with Crippen LogP contribution >= 0.6 is 38.9 Å². The summed E-state index contributed by atoms with van der Waals surface area (Å²) in [5.74, 6) is 0.874. The molecule has 5 heteroatoms. The van der Waals surface area contributed by atoms with Gasteiger partial charge >= 0.3 is 0 Å². The molecular weight excluding hydrogens is 286 g/mol. The lowest BCUT2D eigenvalue weighted by Crippen LogP contribution is -1.96. The van der Waals surface area contributed by atoms with E-state index in [1.807, 2.05) is 17.5 Å². The molecule has 74 valence electrons. The quantitative estimate of drug-likeness (QED) is 0.909. The van der Waals surface area contributed by atoms with Gasteiger partial charge in [0.15, 0.2) is 0 Å². The minimum Gasteiger partial charge on any atom is -0.466 e. The van der Waals surface area contributed by atoms with Gasteiger partial charge in [0, 0.05) is 0 Å². The van der Waals surface area contributed by atoms with Crippen molar-refractivity contribution in [2.75, 3.05) is 5.32 Å². The average molecular weight is 293 g/mol. The molecule has 0 aliphatic heterocycles. The third-order valence-corrected chi connectivity index (χ3v) is 3.28. The second kappa shape index (κ2) is 4.38.